The molecule has 0 rings (SSSR count). The van der Waals surface area contributed by atoms with E-state index in [1.54, 1.807) is 6.92 Å². The third-order valence-corrected chi connectivity index (χ3v) is 1.94. The highest BCUT2D eigenvalue weighted by Gasteiger charge is 1.99. The van der Waals surface area contributed by atoms with Gasteiger partial charge in [-0.25, -0.2) is 13.1 Å². The molecule has 0 saturated carbocycles. The third kappa shape index (κ3) is 4.29. The molecule has 1 N–H and O–H groups in total. The van der Waals surface area contributed by atoms with Gasteiger partial charge in [0, 0.05) is 12.0 Å². The minimum atomic E-state index is -3.20. The summed E-state index contributed by atoms with van der Waals surface area (Å²) in [7, 11) is -3.20. The van der Waals surface area contributed by atoms with Gasteiger partial charge in [-0.15, -0.1) is 6.58 Å². The lowest BCUT2D eigenvalue weighted by atomic mass is 10.7. The van der Waals surface area contributed by atoms with Crippen LogP contribution in [0.1, 0.15) is 6.92 Å². The van der Waals surface area contributed by atoms with Crippen molar-refractivity contribution < 1.29 is 8.42 Å². The number of rotatable bonds is 4. The molecule has 0 aromatic rings. The first-order valence-electron chi connectivity index (χ1n) is 2.85. The standard InChI is InChI=1S/C6H11NO2S/c1-3-5-7-10(8,9)6-4-2/h3-4,6-7H,1,5H2,2H3. The van der Waals surface area contributed by atoms with Gasteiger partial charge in [0.25, 0.3) is 0 Å². The summed E-state index contributed by atoms with van der Waals surface area (Å²) in [6.07, 6.45) is 2.95. The number of hydrogen-bond acceptors (Lipinski definition) is 2. The van der Waals surface area contributed by atoms with Gasteiger partial charge in [-0.2, -0.15) is 0 Å². The van der Waals surface area contributed by atoms with Gasteiger partial charge in [0.2, 0.25) is 10.0 Å². The summed E-state index contributed by atoms with van der Waals surface area (Å²) < 4.78 is 23.8. The van der Waals surface area contributed by atoms with Crippen LogP contribution in [-0.2, 0) is 10.0 Å². The number of hydrogen-bond donors (Lipinski definition) is 1. The van der Waals surface area contributed by atoms with E-state index in [2.05, 4.69) is 11.3 Å². The lowest BCUT2D eigenvalue weighted by Crippen LogP contribution is -2.20. The Balaban J connectivity index is 4.01. The number of sulfonamides is 1. The number of allylic oxidation sites excluding steroid dienone is 1. The topological polar surface area (TPSA) is 46.2 Å². The monoisotopic (exact) mass is 161 g/mol. The van der Waals surface area contributed by atoms with Crippen molar-refractivity contribution in [3.05, 3.63) is 24.1 Å². The van der Waals surface area contributed by atoms with Crippen LogP contribution in [0, 0.1) is 0 Å². The zero-order valence-electron chi connectivity index (χ0n) is 5.87. The summed E-state index contributed by atoms with van der Waals surface area (Å²) in [4.78, 5) is 0. The summed E-state index contributed by atoms with van der Waals surface area (Å²) in [5.41, 5.74) is 0. The average Bonchev–Trinajstić information content (AvgIpc) is 1.84. The maximum Gasteiger partial charge on any atom is 0.233 e. The van der Waals surface area contributed by atoms with Crippen molar-refractivity contribution >= 4 is 10.0 Å². The molecule has 0 saturated heterocycles. The Morgan fingerprint density at radius 3 is 2.60 bits per heavy atom. The molecule has 0 spiro atoms. The quantitative estimate of drug-likeness (QED) is 0.614. The van der Waals surface area contributed by atoms with Crippen molar-refractivity contribution in [3.63, 3.8) is 0 Å². The van der Waals surface area contributed by atoms with Crippen molar-refractivity contribution in [3.8, 4) is 0 Å². The predicted molar refractivity (Wildman–Crippen MR) is 41.9 cm³/mol. The highest BCUT2D eigenvalue weighted by atomic mass is 32.2. The zero-order valence-corrected chi connectivity index (χ0v) is 6.69. The Bertz CT molecular complexity index is 216. The summed E-state index contributed by atoms with van der Waals surface area (Å²) in [6.45, 7) is 5.29. The maximum absolute atomic E-state index is 10.7. The molecule has 0 fully saturated rings. The van der Waals surface area contributed by atoms with E-state index in [-0.39, 0.29) is 6.54 Å². The normalized spacial score (nSPS) is 12.1. The molecule has 0 radical (unpaired) electrons. The maximum atomic E-state index is 10.7. The molecule has 3 nitrogen and oxygen atoms in total. The van der Waals surface area contributed by atoms with Crippen LogP contribution in [0.25, 0.3) is 0 Å². The fraction of sp³-hybridized carbons (Fsp3) is 0.333. The molecular weight excluding hydrogens is 150 g/mol. The van der Waals surface area contributed by atoms with Gasteiger partial charge >= 0.3 is 0 Å². The molecule has 4 heteroatoms. The smallest absolute Gasteiger partial charge is 0.208 e. The minimum absolute atomic E-state index is 0.271. The summed E-state index contributed by atoms with van der Waals surface area (Å²) in [6, 6.07) is 0. The van der Waals surface area contributed by atoms with Crippen molar-refractivity contribution in [1.29, 1.82) is 0 Å². The van der Waals surface area contributed by atoms with E-state index in [9.17, 15) is 8.42 Å². The molecule has 0 atom stereocenters. The van der Waals surface area contributed by atoms with Crippen LogP contribution in [0.5, 0.6) is 0 Å². The molecule has 0 bridgehead atoms. The van der Waals surface area contributed by atoms with Crippen LogP contribution in [-0.4, -0.2) is 15.0 Å². The molecule has 0 aliphatic heterocycles. The van der Waals surface area contributed by atoms with Gasteiger partial charge in [-0.1, -0.05) is 12.2 Å². The van der Waals surface area contributed by atoms with E-state index in [0.29, 0.717) is 0 Å². The molecule has 0 unspecified atom stereocenters. The lowest BCUT2D eigenvalue weighted by Gasteiger charge is -1.95. The first kappa shape index (κ1) is 9.39. The van der Waals surface area contributed by atoms with Gasteiger partial charge in [-0.05, 0) is 6.92 Å². The summed E-state index contributed by atoms with van der Waals surface area (Å²) >= 11 is 0. The van der Waals surface area contributed by atoms with E-state index in [0.717, 1.165) is 5.41 Å². The van der Waals surface area contributed by atoms with E-state index < -0.39 is 10.0 Å². The van der Waals surface area contributed by atoms with Crippen molar-refractivity contribution in [1.82, 2.24) is 4.72 Å². The molecular formula is C6H11NO2S. The Kier molecular flexibility index (Phi) is 3.99. The second-order valence-corrected chi connectivity index (χ2v) is 3.30. The van der Waals surface area contributed by atoms with Gasteiger partial charge in [-0.3, -0.25) is 0 Å². The predicted octanol–water partition coefficient (Wildman–Crippen LogP) is 0.625. The molecule has 0 aromatic carbocycles. The van der Waals surface area contributed by atoms with Gasteiger partial charge in [0.15, 0.2) is 0 Å². The van der Waals surface area contributed by atoms with Gasteiger partial charge in [0.05, 0.1) is 0 Å². The molecule has 58 valence electrons. The van der Waals surface area contributed by atoms with Crippen LogP contribution in [0.2, 0.25) is 0 Å². The Hall–Kier alpha value is -0.610. The average molecular weight is 161 g/mol. The molecule has 0 heterocycles. The highest BCUT2D eigenvalue weighted by molar-refractivity contribution is 7.92. The Labute approximate surface area is 61.5 Å². The van der Waals surface area contributed by atoms with E-state index in [1.165, 1.54) is 12.2 Å². The summed E-state index contributed by atoms with van der Waals surface area (Å²) in [5, 5.41) is 1.11. The molecule has 0 aliphatic carbocycles. The van der Waals surface area contributed by atoms with Crippen LogP contribution in [0.15, 0.2) is 24.1 Å². The van der Waals surface area contributed by atoms with E-state index in [1.807, 2.05) is 0 Å². The molecule has 0 aromatic heterocycles. The van der Waals surface area contributed by atoms with Crippen LogP contribution in [0.3, 0.4) is 0 Å². The second-order valence-electron chi connectivity index (χ2n) is 1.65. The van der Waals surface area contributed by atoms with Crippen LogP contribution >= 0.6 is 0 Å². The first-order valence-corrected chi connectivity index (χ1v) is 4.40. The fourth-order valence-corrected chi connectivity index (χ4v) is 1.21. The molecule has 0 amide bonds. The number of nitrogens with one attached hydrogen (secondary N) is 1. The minimum Gasteiger partial charge on any atom is -0.208 e. The van der Waals surface area contributed by atoms with E-state index >= 15 is 0 Å². The van der Waals surface area contributed by atoms with Gasteiger partial charge < -0.3 is 0 Å². The largest absolute Gasteiger partial charge is 0.233 e. The SMILES string of the molecule is C=CCNS(=O)(=O)C=CC. The van der Waals surface area contributed by atoms with Gasteiger partial charge in [0.1, 0.15) is 0 Å². The first-order chi connectivity index (χ1) is 4.62. The molecule has 0 aliphatic rings. The summed E-state index contributed by atoms with van der Waals surface area (Å²) in [5.74, 6) is 0. The Morgan fingerprint density at radius 1 is 1.60 bits per heavy atom. The van der Waals surface area contributed by atoms with Crippen LogP contribution in [0.4, 0.5) is 0 Å². The fourth-order valence-electron chi connectivity index (χ4n) is 0.402. The third-order valence-electron chi connectivity index (χ3n) is 0.744. The molecule has 10 heavy (non-hydrogen) atoms. The lowest BCUT2D eigenvalue weighted by molar-refractivity contribution is 0.594. The zero-order chi connectivity index (χ0) is 8.04. The van der Waals surface area contributed by atoms with Crippen molar-refractivity contribution in [2.75, 3.05) is 6.54 Å². The van der Waals surface area contributed by atoms with E-state index in [4.69, 9.17) is 0 Å². The Morgan fingerprint density at radius 2 is 2.20 bits per heavy atom. The highest BCUT2D eigenvalue weighted by Crippen LogP contribution is 1.84. The van der Waals surface area contributed by atoms with Crippen LogP contribution < -0.4 is 4.72 Å². The van der Waals surface area contributed by atoms with Crippen molar-refractivity contribution in [2.24, 2.45) is 0 Å². The second kappa shape index (κ2) is 4.24. The van der Waals surface area contributed by atoms with Crippen molar-refractivity contribution in [2.45, 2.75) is 6.92 Å².